The lowest BCUT2D eigenvalue weighted by Crippen LogP contribution is -2.28. The molecule has 0 aromatic heterocycles. The van der Waals surface area contributed by atoms with E-state index >= 15 is 0 Å². The number of nitrogens with zero attached hydrogens (tertiary/aromatic N) is 2. The molecule has 2 aromatic rings. The molecule has 1 aliphatic heterocycles. The second-order valence-corrected chi connectivity index (χ2v) is 11.2. The number of likely N-dealkylation sites (N-methyl/N-ethyl adjacent to an activating group) is 1. The van der Waals surface area contributed by atoms with Crippen LogP contribution in [0.4, 0.5) is 5.69 Å². The van der Waals surface area contributed by atoms with Crippen LogP contribution in [0.15, 0.2) is 77.4 Å². The first-order valence-electron chi connectivity index (χ1n) is 14.3. The van der Waals surface area contributed by atoms with Crippen molar-refractivity contribution in [1.82, 2.24) is 5.32 Å². The number of allylic oxidation sites excluding steroid dienone is 2. The predicted molar refractivity (Wildman–Crippen MR) is 174 cm³/mol. The number of hydrogen-bond donors (Lipinski definition) is 1. The lowest BCUT2D eigenvalue weighted by Gasteiger charge is -2.29. The SMILES string of the molecule is C=C(C)C.CCC.CCN1CCCc2ccccc21.CNC(=O)/C=C(\C)N=C(C)c1ccc(C(C)(C)C)cc1. The van der Waals surface area contributed by atoms with E-state index in [1.165, 1.54) is 54.3 Å². The Hall–Kier alpha value is -3.14. The lowest BCUT2D eigenvalue weighted by atomic mass is 9.86. The van der Waals surface area contributed by atoms with Crippen LogP contribution in [-0.4, -0.2) is 31.8 Å². The molecule has 4 heteroatoms. The van der Waals surface area contributed by atoms with Crippen LogP contribution in [0, 0.1) is 0 Å². The number of rotatable bonds is 4. The average Bonchev–Trinajstić information content (AvgIpc) is 2.88. The molecular formula is C35H55N3O. The molecule has 2 aromatic carbocycles. The van der Waals surface area contributed by atoms with Gasteiger partial charge in [0.25, 0.3) is 0 Å². The summed E-state index contributed by atoms with van der Waals surface area (Å²) in [7, 11) is 1.61. The standard InChI is InChI=1S/C17H24N2O.C11H15N.C4H8.C3H8/c1-12(11-16(20)18-6)19-13(2)14-7-9-15(10-8-14)17(3,4)5;1-2-12-9-5-7-10-6-3-4-8-11(10)12;1-4(2)3;1-3-2/h7-11H,1-6H3,(H,18,20);3-4,6,8H,2,5,7,9H2,1H3;1H2,2-3H3;3H2,1-2H3/b12-11+,19-13?;;;. The van der Waals surface area contributed by atoms with Gasteiger partial charge in [0, 0.05) is 43.3 Å². The molecule has 0 aliphatic carbocycles. The summed E-state index contributed by atoms with van der Waals surface area (Å²) in [5, 5.41) is 2.55. The highest BCUT2D eigenvalue weighted by atomic mass is 16.1. The van der Waals surface area contributed by atoms with Crippen molar-refractivity contribution in [2.75, 3.05) is 25.0 Å². The van der Waals surface area contributed by atoms with Crippen molar-refractivity contribution in [2.45, 2.75) is 93.9 Å². The highest BCUT2D eigenvalue weighted by Gasteiger charge is 2.14. The van der Waals surface area contributed by atoms with E-state index in [4.69, 9.17) is 0 Å². The average molecular weight is 534 g/mol. The summed E-state index contributed by atoms with van der Waals surface area (Å²) in [5.41, 5.74) is 8.26. The second kappa shape index (κ2) is 19.0. The molecule has 1 amide bonds. The molecule has 0 saturated heterocycles. The number of aliphatic imine (C=N–C) groups is 1. The molecule has 1 N–H and O–H groups in total. The molecular weight excluding hydrogens is 478 g/mol. The number of carbonyl (C=O) groups excluding carboxylic acids is 1. The number of benzene rings is 2. The molecule has 3 rings (SSSR count). The van der Waals surface area contributed by atoms with Crippen molar-refractivity contribution in [3.63, 3.8) is 0 Å². The van der Waals surface area contributed by atoms with Gasteiger partial charge in [0.2, 0.25) is 5.91 Å². The van der Waals surface area contributed by atoms with E-state index in [-0.39, 0.29) is 11.3 Å². The van der Waals surface area contributed by atoms with Crippen LogP contribution in [0.3, 0.4) is 0 Å². The van der Waals surface area contributed by atoms with Gasteiger partial charge in [0.05, 0.1) is 0 Å². The molecule has 0 saturated carbocycles. The van der Waals surface area contributed by atoms with E-state index in [0.29, 0.717) is 5.70 Å². The lowest BCUT2D eigenvalue weighted by molar-refractivity contribution is -0.116. The van der Waals surface area contributed by atoms with Crippen molar-refractivity contribution in [2.24, 2.45) is 4.99 Å². The zero-order chi connectivity index (χ0) is 30.0. The Morgan fingerprint density at radius 1 is 1.00 bits per heavy atom. The second-order valence-electron chi connectivity index (χ2n) is 11.2. The molecule has 0 bridgehead atoms. The molecule has 0 fully saturated rings. The fraction of sp³-hybridized carbons (Fsp3) is 0.486. The van der Waals surface area contributed by atoms with Crippen molar-refractivity contribution in [1.29, 1.82) is 0 Å². The number of amides is 1. The van der Waals surface area contributed by atoms with E-state index in [2.05, 4.69) is 112 Å². The number of carbonyl (C=O) groups is 1. The van der Waals surface area contributed by atoms with Gasteiger partial charge in [-0.2, -0.15) is 0 Å². The van der Waals surface area contributed by atoms with E-state index < -0.39 is 0 Å². The van der Waals surface area contributed by atoms with Crippen LogP contribution < -0.4 is 10.2 Å². The van der Waals surface area contributed by atoms with E-state index in [1.807, 2.05) is 27.7 Å². The Morgan fingerprint density at radius 2 is 1.54 bits per heavy atom. The first kappa shape index (κ1) is 35.9. The Morgan fingerprint density at radius 3 is 2.03 bits per heavy atom. The molecule has 1 aliphatic rings. The zero-order valence-electron chi connectivity index (χ0n) is 26.7. The Labute approximate surface area is 240 Å². The summed E-state index contributed by atoms with van der Waals surface area (Å²) in [5.74, 6) is -0.137. The highest BCUT2D eigenvalue weighted by molar-refractivity contribution is 5.99. The minimum Gasteiger partial charge on any atom is -0.372 e. The number of para-hydroxylation sites is 1. The number of fused-ring (bicyclic) bond motifs is 1. The largest absolute Gasteiger partial charge is 0.372 e. The summed E-state index contributed by atoms with van der Waals surface area (Å²) >= 11 is 0. The van der Waals surface area contributed by atoms with Gasteiger partial charge in [-0.1, -0.05) is 89.1 Å². The van der Waals surface area contributed by atoms with Crippen LogP contribution in [0.25, 0.3) is 0 Å². The first-order valence-corrected chi connectivity index (χ1v) is 14.3. The van der Waals surface area contributed by atoms with E-state index in [0.717, 1.165) is 17.8 Å². The van der Waals surface area contributed by atoms with Gasteiger partial charge in [-0.3, -0.25) is 9.79 Å². The normalized spacial score (nSPS) is 12.8. The van der Waals surface area contributed by atoms with Crippen LogP contribution in [0.5, 0.6) is 0 Å². The maximum absolute atomic E-state index is 11.2. The predicted octanol–water partition coefficient (Wildman–Crippen LogP) is 8.90. The molecule has 0 radical (unpaired) electrons. The maximum Gasteiger partial charge on any atom is 0.245 e. The summed E-state index contributed by atoms with van der Waals surface area (Å²) in [6.45, 7) is 26.7. The van der Waals surface area contributed by atoms with E-state index in [9.17, 15) is 4.79 Å². The van der Waals surface area contributed by atoms with Crippen molar-refractivity contribution < 1.29 is 4.79 Å². The van der Waals surface area contributed by atoms with Crippen LogP contribution in [0.1, 0.15) is 98.8 Å². The smallest absolute Gasteiger partial charge is 0.245 e. The highest BCUT2D eigenvalue weighted by Crippen LogP contribution is 2.26. The Bertz CT molecular complexity index is 1050. The van der Waals surface area contributed by atoms with Gasteiger partial charge in [-0.05, 0) is 75.6 Å². The molecule has 0 atom stereocenters. The quantitative estimate of drug-likeness (QED) is 0.242. The first-order chi connectivity index (χ1) is 18.3. The number of aryl methyl sites for hydroxylation is 1. The van der Waals surface area contributed by atoms with Crippen molar-refractivity contribution in [3.8, 4) is 0 Å². The van der Waals surface area contributed by atoms with Gasteiger partial charge < -0.3 is 10.2 Å². The third kappa shape index (κ3) is 15.1. The zero-order valence-corrected chi connectivity index (χ0v) is 26.7. The topological polar surface area (TPSA) is 44.7 Å². The van der Waals surface area contributed by atoms with Gasteiger partial charge in [-0.15, -0.1) is 6.58 Å². The third-order valence-electron chi connectivity index (χ3n) is 5.69. The van der Waals surface area contributed by atoms with Gasteiger partial charge in [0.1, 0.15) is 0 Å². The fourth-order valence-corrected chi connectivity index (χ4v) is 3.77. The van der Waals surface area contributed by atoms with Gasteiger partial charge in [0.15, 0.2) is 0 Å². The summed E-state index contributed by atoms with van der Waals surface area (Å²) in [6.07, 6.45) is 5.31. The van der Waals surface area contributed by atoms with E-state index in [1.54, 1.807) is 7.05 Å². The molecule has 216 valence electrons. The summed E-state index contributed by atoms with van der Waals surface area (Å²) in [4.78, 5) is 18.1. The van der Waals surface area contributed by atoms with Crippen LogP contribution in [-0.2, 0) is 16.6 Å². The molecule has 1 heterocycles. The van der Waals surface area contributed by atoms with Crippen LogP contribution in [0.2, 0.25) is 0 Å². The Kier molecular flexibility index (Phi) is 17.5. The monoisotopic (exact) mass is 533 g/mol. The van der Waals surface area contributed by atoms with Gasteiger partial charge in [-0.25, -0.2) is 0 Å². The maximum atomic E-state index is 11.2. The molecule has 0 spiro atoms. The molecule has 4 nitrogen and oxygen atoms in total. The fourth-order valence-electron chi connectivity index (χ4n) is 3.77. The molecule has 39 heavy (non-hydrogen) atoms. The molecule has 0 unspecified atom stereocenters. The number of hydrogen-bond acceptors (Lipinski definition) is 3. The third-order valence-corrected chi connectivity index (χ3v) is 5.69. The van der Waals surface area contributed by atoms with Gasteiger partial charge >= 0.3 is 0 Å². The number of nitrogens with one attached hydrogen (secondary N) is 1. The van der Waals surface area contributed by atoms with Crippen molar-refractivity contribution >= 4 is 17.3 Å². The number of anilines is 1. The van der Waals surface area contributed by atoms with Crippen LogP contribution >= 0.6 is 0 Å². The summed E-state index contributed by atoms with van der Waals surface area (Å²) in [6, 6.07) is 17.2. The Balaban J connectivity index is 0.000000637. The minimum atomic E-state index is -0.137. The minimum absolute atomic E-state index is 0.137. The van der Waals surface area contributed by atoms with Crippen molar-refractivity contribution in [3.05, 3.63) is 89.1 Å². The summed E-state index contributed by atoms with van der Waals surface area (Å²) < 4.78 is 0.